The van der Waals surface area contributed by atoms with Crippen LogP contribution in [0.3, 0.4) is 0 Å². The van der Waals surface area contributed by atoms with Crippen LogP contribution in [0.2, 0.25) is 0 Å². The van der Waals surface area contributed by atoms with Gasteiger partial charge in [-0.1, -0.05) is 6.42 Å². The third-order valence-corrected chi connectivity index (χ3v) is 5.46. The summed E-state index contributed by atoms with van der Waals surface area (Å²) in [6, 6.07) is 2.04. The molecular formula is C13H16N4OS. The first-order valence-corrected chi connectivity index (χ1v) is 7.30. The van der Waals surface area contributed by atoms with Crippen molar-refractivity contribution in [3.05, 3.63) is 10.4 Å². The number of hydrogen-bond donors (Lipinski definition) is 2. The number of rotatable bonds is 2. The second kappa shape index (κ2) is 4.42. The Morgan fingerprint density at radius 3 is 2.53 bits per heavy atom. The Bertz CT molecular complexity index is 562. The Hall–Kier alpha value is -1.74. The lowest BCUT2D eigenvalue weighted by molar-refractivity contribution is 0.100. The number of hydrogen-bond acceptors (Lipinski definition) is 5. The molecule has 1 aliphatic heterocycles. The molecule has 4 N–H and O–H groups in total. The molecule has 5 nitrogen and oxygen atoms in total. The maximum absolute atomic E-state index is 11.6. The van der Waals surface area contributed by atoms with Gasteiger partial charge in [0.1, 0.15) is 15.9 Å². The average Bonchev–Trinajstić information content (AvgIpc) is 2.99. The highest BCUT2D eigenvalue weighted by molar-refractivity contribution is 7.17. The van der Waals surface area contributed by atoms with Gasteiger partial charge in [-0.2, -0.15) is 5.26 Å². The summed E-state index contributed by atoms with van der Waals surface area (Å²) in [5.41, 5.74) is 11.9. The number of carbonyl (C=O) groups excluding carboxylic acids is 1. The summed E-state index contributed by atoms with van der Waals surface area (Å²) in [7, 11) is 0. The van der Waals surface area contributed by atoms with Crippen molar-refractivity contribution in [1.29, 1.82) is 5.26 Å². The smallest absolute Gasteiger partial charge is 0.253 e. The second-order valence-electron chi connectivity index (χ2n) is 5.36. The van der Waals surface area contributed by atoms with Gasteiger partial charge in [-0.25, -0.2) is 0 Å². The lowest BCUT2D eigenvalue weighted by Crippen LogP contribution is -2.23. The van der Waals surface area contributed by atoms with Crippen LogP contribution in [0.15, 0.2) is 0 Å². The van der Waals surface area contributed by atoms with Gasteiger partial charge in [0.25, 0.3) is 5.91 Å². The van der Waals surface area contributed by atoms with E-state index in [1.807, 2.05) is 6.07 Å². The summed E-state index contributed by atoms with van der Waals surface area (Å²) < 4.78 is 0. The summed E-state index contributed by atoms with van der Waals surface area (Å²) >= 11 is 1.29. The van der Waals surface area contributed by atoms with E-state index in [-0.39, 0.29) is 5.69 Å². The number of anilines is 2. The Morgan fingerprint density at radius 1 is 1.37 bits per heavy atom. The van der Waals surface area contributed by atoms with Crippen LogP contribution in [0.1, 0.15) is 34.5 Å². The molecule has 2 heterocycles. The van der Waals surface area contributed by atoms with E-state index in [0.717, 1.165) is 29.9 Å². The summed E-state index contributed by atoms with van der Waals surface area (Å²) in [6.45, 7) is 1.91. The van der Waals surface area contributed by atoms with Crippen molar-refractivity contribution in [2.75, 3.05) is 23.7 Å². The number of amides is 1. The van der Waals surface area contributed by atoms with Gasteiger partial charge in [-0.3, -0.25) is 4.79 Å². The Labute approximate surface area is 115 Å². The third kappa shape index (κ3) is 1.85. The van der Waals surface area contributed by atoms with E-state index in [1.54, 1.807) is 0 Å². The van der Waals surface area contributed by atoms with Crippen LogP contribution in [0.4, 0.5) is 10.7 Å². The first kappa shape index (κ1) is 12.3. The van der Waals surface area contributed by atoms with Crippen molar-refractivity contribution < 1.29 is 4.79 Å². The molecule has 1 saturated heterocycles. The van der Waals surface area contributed by atoms with Crippen LogP contribution in [-0.4, -0.2) is 19.0 Å². The number of nitrogens with zero attached hydrogens (tertiary/aromatic N) is 2. The normalized spacial score (nSPS) is 25.3. The first-order valence-electron chi connectivity index (χ1n) is 6.49. The largest absolute Gasteiger partial charge is 0.396 e. The topological polar surface area (TPSA) is 96.1 Å². The predicted octanol–water partition coefficient (Wildman–Crippen LogP) is 1.54. The molecule has 0 radical (unpaired) electrons. The van der Waals surface area contributed by atoms with Crippen molar-refractivity contribution in [3.8, 4) is 6.07 Å². The van der Waals surface area contributed by atoms with Gasteiger partial charge in [0.05, 0.1) is 11.3 Å². The second-order valence-corrected chi connectivity index (χ2v) is 6.36. The molecule has 1 aromatic rings. The molecule has 2 aliphatic rings. The number of thiophene rings is 1. The molecule has 6 heteroatoms. The zero-order valence-electron chi connectivity index (χ0n) is 10.6. The van der Waals surface area contributed by atoms with Gasteiger partial charge < -0.3 is 16.4 Å². The van der Waals surface area contributed by atoms with Crippen LogP contribution < -0.4 is 16.4 Å². The van der Waals surface area contributed by atoms with E-state index in [2.05, 4.69) is 4.90 Å². The van der Waals surface area contributed by atoms with E-state index in [4.69, 9.17) is 16.7 Å². The highest BCUT2D eigenvalue weighted by Crippen LogP contribution is 2.44. The molecular weight excluding hydrogens is 260 g/mol. The quantitative estimate of drug-likeness (QED) is 0.856. The number of nitrogens with two attached hydrogens (primary N) is 2. The van der Waals surface area contributed by atoms with Gasteiger partial charge >= 0.3 is 0 Å². The Kier molecular flexibility index (Phi) is 2.86. The number of primary amides is 1. The fourth-order valence-electron chi connectivity index (χ4n) is 3.38. The molecule has 1 aliphatic carbocycles. The summed E-state index contributed by atoms with van der Waals surface area (Å²) in [5.74, 6) is 0.895. The highest BCUT2D eigenvalue weighted by atomic mass is 32.1. The van der Waals surface area contributed by atoms with E-state index < -0.39 is 5.91 Å². The summed E-state index contributed by atoms with van der Waals surface area (Å²) in [6.07, 6.45) is 3.83. The third-order valence-electron chi connectivity index (χ3n) is 4.29. The number of nitriles is 1. The van der Waals surface area contributed by atoms with Crippen molar-refractivity contribution in [3.63, 3.8) is 0 Å². The molecule has 19 heavy (non-hydrogen) atoms. The van der Waals surface area contributed by atoms with Crippen molar-refractivity contribution in [2.24, 2.45) is 17.6 Å². The molecule has 2 atom stereocenters. The van der Waals surface area contributed by atoms with Crippen molar-refractivity contribution >= 4 is 27.9 Å². The Balaban J connectivity index is 1.97. The summed E-state index contributed by atoms with van der Waals surface area (Å²) in [5, 5.41) is 9.84. The summed E-state index contributed by atoms with van der Waals surface area (Å²) in [4.78, 5) is 14.2. The zero-order chi connectivity index (χ0) is 13.6. The van der Waals surface area contributed by atoms with E-state index in [1.165, 1.54) is 30.6 Å². The molecule has 2 unspecified atom stereocenters. The SMILES string of the molecule is N#Cc1sc(N2CC3CCCC3C2)c(C(N)=O)c1N. The fraction of sp³-hybridized carbons (Fsp3) is 0.538. The lowest BCUT2D eigenvalue weighted by Gasteiger charge is -2.18. The zero-order valence-corrected chi connectivity index (χ0v) is 11.4. The molecule has 0 spiro atoms. The number of fused-ring (bicyclic) bond motifs is 1. The highest BCUT2D eigenvalue weighted by Gasteiger charge is 2.38. The van der Waals surface area contributed by atoms with E-state index >= 15 is 0 Å². The van der Waals surface area contributed by atoms with Gasteiger partial charge in [0, 0.05) is 13.1 Å². The van der Waals surface area contributed by atoms with E-state index in [9.17, 15) is 4.79 Å². The molecule has 1 aromatic heterocycles. The molecule has 0 aromatic carbocycles. The molecule has 1 saturated carbocycles. The first-order chi connectivity index (χ1) is 9.11. The van der Waals surface area contributed by atoms with Gasteiger partial charge in [-0.05, 0) is 24.7 Å². The van der Waals surface area contributed by atoms with Crippen LogP contribution in [-0.2, 0) is 0 Å². The van der Waals surface area contributed by atoms with Crippen molar-refractivity contribution in [1.82, 2.24) is 0 Å². The maximum Gasteiger partial charge on any atom is 0.253 e. The standard InChI is InChI=1S/C13H16N4OS/c14-4-9-11(15)10(12(16)18)13(19-9)17-5-7-2-1-3-8(7)6-17/h7-8H,1-3,5-6,15H2,(H2,16,18). The Morgan fingerprint density at radius 2 is 2.00 bits per heavy atom. The van der Waals surface area contributed by atoms with Gasteiger partial charge in [-0.15, -0.1) is 11.3 Å². The number of carbonyl (C=O) groups is 1. The molecule has 100 valence electrons. The molecule has 3 rings (SSSR count). The average molecular weight is 276 g/mol. The van der Waals surface area contributed by atoms with Crippen LogP contribution >= 0.6 is 11.3 Å². The van der Waals surface area contributed by atoms with Gasteiger partial charge in [0.15, 0.2) is 0 Å². The maximum atomic E-state index is 11.6. The minimum absolute atomic E-state index is 0.243. The fourth-order valence-corrected chi connectivity index (χ4v) is 4.42. The number of nitrogen functional groups attached to an aromatic ring is 1. The molecule has 0 bridgehead atoms. The predicted molar refractivity (Wildman–Crippen MR) is 75.0 cm³/mol. The lowest BCUT2D eigenvalue weighted by atomic mass is 10.0. The monoisotopic (exact) mass is 276 g/mol. The van der Waals surface area contributed by atoms with Crippen LogP contribution in [0.5, 0.6) is 0 Å². The molecule has 2 fully saturated rings. The van der Waals surface area contributed by atoms with Crippen LogP contribution in [0, 0.1) is 23.2 Å². The van der Waals surface area contributed by atoms with Crippen molar-refractivity contribution in [2.45, 2.75) is 19.3 Å². The van der Waals surface area contributed by atoms with Gasteiger partial charge in [0.2, 0.25) is 0 Å². The van der Waals surface area contributed by atoms with E-state index in [0.29, 0.717) is 10.4 Å². The minimum Gasteiger partial charge on any atom is -0.396 e. The minimum atomic E-state index is -0.540. The van der Waals surface area contributed by atoms with Crippen LogP contribution in [0.25, 0.3) is 0 Å². The molecule has 1 amide bonds.